The van der Waals surface area contributed by atoms with Crippen molar-refractivity contribution in [3.8, 4) is 17.1 Å². The number of aliphatic hydroxyl groups excluding tert-OH is 2. The van der Waals surface area contributed by atoms with Crippen molar-refractivity contribution in [2.75, 3.05) is 41.4 Å². The van der Waals surface area contributed by atoms with E-state index in [1.165, 1.54) is 0 Å². The van der Waals surface area contributed by atoms with E-state index in [1.54, 1.807) is 29.3 Å². The molecule has 35 heavy (non-hydrogen) atoms. The number of ether oxygens (including phenoxy) is 1. The third kappa shape index (κ3) is 4.72. The number of pyridine rings is 3. The fraction of sp³-hybridized carbons (Fsp3) is 0.333. The van der Waals surface area contributed by atoms with E-state index in [9.17, 15) is 9.90 Å². The third-order valence-electron chi connectivity index (χ3n) is 6.02. The van der Waals surface area contributed by atoms with Gasteiger partial charge in [-0.1, -0.05) is 17.7 Å². The summed E-state index contributed by atoms with van der Waals surface area (Å²) >= 11 is 6.63. The van der Waals surface area contributed by atoms with Crippen LogP contribution in [0.25, 0.3) is 11.3 Å². The first-order valence-electron chi connectivity index (χ1n) is 11.3. The molecule has 182 valence electrons. The highest BCUT2D eigenvalue weighted by Gasteiger charge is 2.41. The zero-order chi connectivity index (χ0) is 24.5. The van der Waals surface area contributed by atoms with Crippen molar-refractivity contribution < 1.29 is 19.7 Å². The number of aryl methyl sites for hydroxylation is 1. The van der Waals surface area contributed by atoms with Crippen molar-refractivity contribution in [3.63, 3.8) is 0 Å². The number of aromatic nitrogens is 3. The highest BCUT2D eigenvalue weighted by molar-refractivity contribution is 6.33. The molecule has 2 atom stereocenters. The number of rotatable bonds is 6. The number of halogens is 1. The molecular weight excluding hydrogens is 472 g/mol. The number of hydrogen-bond donors (Lipinski definition) is 3. The first kappa shape index (κ1) is 23.3. The molecule has 2 amide bonds. The molecule has 0 aliphatic carbocycles. The van der Waals surface area contributed by atoms with Gasteiger partial charge in [-0.25, -0.2) is 9.78 Å². The average Bonchev–Trinajstić information content (AvgIpc) is 3.27. The van der Waals surface area contributed by atoms with Gasteiger partial charge in [0.05, 0.1) is 29.1 Å². The van der Waals surface area contributed by atoms with Crippen molar-refractivity contribution in [2.24, 2.45) is 0 Å². The fourth-order valence-corrected chi connectivity index (χ4v) is 4.60. The lowest BCUT2D eigenvalue weighted by atomic mass is 10.1. The number of fused-ring (bicyclic) bond motifs is 4. The van der Waals surface area contributed by atoms with E-state index in [0.717, 1.165) is 29.9 Å². The van der Waals surface area contributed by atoms with Crippen molar-refractivity contribution in [1.82, 2.24) is 15.0 Å². The van der Waals surface area contributed by atoms with E-state index >= 15 is 0 Å². The first-order valence-corrected chi connectivity index (χ1v) is 11.7. The summed E-state index contributed by atoms with van der Waals surface area (Å²) in [6, 6.07) is 10.2. The van der Waals surface area contributed by atoms with Crippen LogP contribution >= 0.6 is 11.6 Å². The molecule has 11 heteroatoms. The number of nitrogens with zero attached hydrogens (tertiary/aromatic N) is 5. The highest BCUT2D eigenvalue weighted by Crippen LogP contribution is 2.43. The Morgan fingerprint density at radius 1 is 1.31 bits per heavy atom. The smallest absolute Gasteiger partial charge is 0.329 e. The summed E-state index contributed by atoms with van der Waals surface area (Å²) in [5.74, 6) is 1.07. The minimum absolute atomic E-state index is 0.0395. The van der Waals surface area contributed by atoms with Gasteiger partial charge in [-0.15, -0.1) is 0 Å². The minimum atomic E-state index is -1.01. The van der Waals surface area contributed by atoms with Crippen LogP contribution in [0.5, 0.6) is 5.88 Å². The maximum atomic E-state index is 13.5. The van der Waals surface area contributed by atoms with Gasteiger partial charge >= 0.3 is 6.03 Å². The van der Waals surface area contributed by atoms with Crippen LogP contribution in [0.1, 0.15) is 12.1 Å². The fourth-order valence-electron chi connectivity index (χ4n) is 4.35. The molecule has 5 heterocycles. The molecule has 3 N–H and O–H groups in total. The van der Waals surface area contributed by atoms with E-state index < -0.39 is 12.7 Å². The summed E-state index contributed by atoms with van der Waals surface area (Å²) in [4.78, 5) is 30.7. The zero-order valence-corrected chi connectivity index (χ0v) is 19.8. The molecule has 0 radical (unpaired) electrons. The molecule has 5 rings (SSSR count). The number of aliphatic hydroxyl groups is 2. The Hall–Kier alpha value is -3.47. The van der Waals surface area contributed by atoms with Crippen LogP contribution in [0.4, 0.5) is 22.1 Å². The lowest BCUT2D eigenvalue weighted by Crippen LogP contribution is -2.48. The van der Waals surface area contributed by atoms with Gasteiger partial charge in [0, 0.05) is 36.6 Å². The van der Waals surface area contributed by atoms with Gasteiger partial charge in [0.2, 0.25) is 5.88 Å². The predicted molar refractivity (Wildman–Crippen MR) is 132 cm³/mol. The minimum Gasteiger partial charge on any atom is -0.475 e. The van der Waals surface area contributed by atoms with Gasteiger partial charge in [0.1, 0.15) is 18.5 Å². The van der Waals surface area contributed by atoms with Crippen LogP contribution in [0, 0.1) is 6.92 Å². The lowest BCUT2D eigenvalue weighted by molar-refractivity contribution is 0.0521. The first-order chi connectivity index (χ1) is 16.9. The van der Waals surface area contributed by atoms with Gasteiger partial charge in [-0.05, 0) is 37.6 Å². The second-order valence-electron chi connectivity index (χ2n) is 8.54. The van der Waals surface area contributed by atoms with Gasteiger partial charge in [0.15, 0.2) is 5.82 Å². The number of carbonyl (C=O) groups excluding carboxylic acids is 1. The number of nitrogens with one attached hydrogen (secondary N) is 1. The molecule has 0 aromatic carbocycles. The van der Waals surface area contributed by atoms with Crippen LogP contribution < -0.4 is 19.9 Å². The summed E-state index contributed by atoms with van der Waals surface area (Å²) < 4.78 is 5.39. The summed E-state index contributed by atoms with van der Waals surface area (Å²) in [7, 11) is 0. The van der Waals surface area contributed by atoms with Crippen molar-refractivity contribution in [3.05, 3.63) is 53.3 Å². The van der Waals surface area contributed by atoms with Crippen molar-refractivity contribution in [2.45, 2.75) is 25.5 Å². The molecule has 3 aromatic rings. The molecule has 2 aliphatic heterocycles. The quantitative estimate of drug-likeness (QED) is 0.476. The maximum Gasteiger partial charge on any atom is 0.329 e. The van der Waals surface area contributed by atoms with Gasteiger partial charge in [0.25, 0.3) is 0 Å². The molecule has 10 nitrogen and oxygen atoms in total. The summed E-state index contributed by atoms with van der Waals surface area (Å²) in [6.07, 6.45) is 1.50. The summed E-state index contributed by atoms with van der Waals surface area (Å²) in [5, 5.41) is 21.8. The van der Waals surface area contributed by atoms with Crippen LogP contribution in [0.3, 0.4) is 0 Å². The zero-order valence-electron chi connectivity index (χ0n) is 19.1. The van der Waals surface area contributed by atoms with Crippen LogP contribution in [0.2, 0.25) is 5.02 Å². The SMILES string of the molecule is Cc1cc(-c2nc3c(cc2Cl)N2CC[C@@H](C2)N3C(=O)Nc2cccc(OCC(O)CO)n2)ccn1. The average molecular weight is 497 g/mol. The molecular formula is C24H25ClN6O4. The normalized spacial score (nSPS) is 17.2. The van der Waals surface area contributed by atoms with E-state index in [2.05, 4.69) is 20.2 Å². The Kier molecular flexibility index (Phi) is 6.42. The van der Waals surface area contributed by atoms with Crippen LogP contribution in [-0.2, 0) is 0 Å². The van der Waals surface area contributed by atoms with Gasteiger partial charge < -0.3 is 19.8 Å². The molecule has 2 bridgehead atoms. The maximum absolute atomic E-state index is 13.5. The standard InChI is InChI=1S/C24H25ClN6O4/c1-14-9-15(5-7-26-14)22-18(25)10-19-23(29-22)31(16-6-8-30(19)11-16)24(34)28-20-3-2-4-21(27-20)35-13-17(33)12-32/h2-5,7,9-10,16-17,32-33H,6,8,11-13H2,1H3,(H,27,28,34)/t16-,17?/m0/s1. The van der Waals surface area contributed by atoms with Gasteiger partial charge in [-0.2, -0.15) is 4.98 Å². The predicted octanol–water partition coefficient (Wildman–Crippen LogP) is 2.86. The molecule has 1 saturated heterocycles. The molecule has 0 saturated carbocycles. The highest BCUT2D eigenvalue weighted by atomic mass is 35.5. The van der Waals surface area contributed by atoms with Crippen molar-refractivity contribution in [1.29, 1.82) is 0 Å². The Morgan fingerprint density at radius 3 is 2.97 bits per heavy atom. The number of carbonyl (C=O) groups is 1. The molecule has 1 unspecified atom stereocenters. The van der Waals surface area contributed by atoms with E-state index in [4.69, 9.17) is 26.4 Å². The summed E-state index contributed by atoms with van der Waals surface area (Å²) in [5.41, 5.74) is 3.08. The molecule has 2 aliphatic rings. The lowest BCUT2D eigenvalue weighted by Gasteiger charge is -2.36. The monoisotopic (exact) mass is 496 g/mol. The van der Waals surface area contributed by atoms with E-state index in [1.807, 2.05) is 25.1 Å². The number of anilines is 3. The second kappa shape index (κ2) is 9.65. The third-order valence-corrected chi connectivity index (χ3v) is 6.30. The van der Waals surface area contributed by atoms with Gasteiger partial charge in [-0.3, -0.25) is 15.2 Å². The Morgan fingerprint density at radius 2 is 2.17 bits per heavy atom. The largest absolute Gasteiger partial charge is 0.475 e. The Balaban J connectivity index is 1.44. The van der Waals surface area contributed by atoms with E-state index in [0.29, 0.717) is 28.9 Å². The molecule has 0 spiro atoms. The van der Waals surface area contributed by atoms with Crippen molar-refractivity contribution >= 4 is 35.0 Å². The number of amides is 2. The second-order valence-corrected chi connectivity index (χ2v) is 8.95. The number of urea groups is 1. The number of hydrogen-bond acceptors (Lipinski definition) is 8. The molecule has 3 aromatic heterocycles. The van der Waals surface area contributed by atoms with Crippen LogP contribution in [0.15, 0.2) is 42.6 Å². The Bertz CT molecular complexity index is 1260. The Labute approximate surface area is 207 Å². The summed E-state index contributed by atoms with van der Waals surface area (Å²) in [6.45, 7) is 2.88. The van der Waals surface area contributed by atoms with Crippen LogP contribution in [-0.4, -0.2) is 69.6 Å². The topological polar surface area (TPSA) is 124 Å². The molecule has 1 fully saturated rings. The van der Waals surface area contributed by atoms with E-state index in [-0.39, 0.29) is 24.6 Å².